The summed E-state index contributed by atoms with van der Waals surface area (Å²) < 4.78 is 1.80. The van der Waals surface area contributed by atoms with Crippen molar-refractivity contribution in [3.8, 4) is 5.95 Å². The molecule has 2 aromatic heterocycles. The van der Waals surface area contributed by atoms with E-state index in [4.69, 9.17) is 23.2 Å². The van der Waals surface area contributed by atoms with Gasteiger partial charge in [0.2, 0.25) is 0 Å². The number of piperazine rings is 1. The SMILES string of the molecule is Cc1cc(C)nc(-n2ncc(/C=C/CN3CCN(c4cccc(Cl)c4Cl)CC3)c2C)n1. The number of aromatic nitrogens is 4. The van der Waals surface area contributed by atoms with Crippen molar-refractivity contribution < 1.29 is 0 Å². The summed E-state index contributed by atoms with van der Waals surface area (Å²) in [4.78, 5) is 13.7. The summed E-state index contributed by atoms with van der Waals surface area (Å²) >= 11 is 12.5. The van der Waals surface area contributed by atoms with E-state index in [0.717, 1.165) is 61.1 Å². The van der Waals surface area contributed by atoms with Gasteiger partial charge in [0.15, 0.2) is 0 Å². The lowest BCUT2D eigenvalue weighted by molar-refractivity contribution is 0.284. The van der Waals surface area contributed by atoms with E-state index in [1.807, 2.05) is 51.2 Å². The molecule has 3 aromatic rings. The van der Waals surface area contributed by atoms with Gasteiger partial charge in [-0.25, -0.2) is 14.6 Å². The molecule has 1 aliphatic heterocycles. The number of rotatable bonds is 5. The van der Waals surface area contributed by atoms with Crippen LogP contribution in [0.3, 0.4) is 0 Å². The van der Waals surface area contributed by atoms with Gasteiger partial charge < -0.3 is 4.90 Å². The minimum absolute atomic E-state index is 0.603. The Morgan fingerprint density at radius 1 is 1.00 bits per heavy atom. The predicted molar refractivity (Wildman–Crippen MR) is 128 cm³/mol. The van der Waals surface area contributed by atoms with Gasteiger partial charge in [-0.05, 0) is 39.0 Å². The molecule has 8 heteroatoms. The van der Waals surface area contributed by atoms with Crippen LogP contribution >= 0.6 is 23.2 Å². The number of benzene rings is 1. The number of hydrogen-bond donors (Lipinski definition) is 0. The number of aryl methyl sites for hydroxylation is 2. The summed E-state index contributed by atoms with van der Waals surface area (Å²) in [6.07, 6.45) is 6.19. The Labute approximate surface area is 193 Å². The summed E-state index contributed by atoms with van der Waals surface area (Å²) in [5.74, 6) is 0.616. The molecule has 0 unspecified atom stereocenters. The first-order valence-electron chi connectivity index (χ1n) is 10.4. The van der Waals surface area contributed by atoms with Crippen molar-refractivity contribution in [2.45, 2.75) is 20.8 Å². The number of hydrogen-bond acceptors (Lipinski definition) is 5. The summed E-state index contributed by atoms with van der Waals surface area (Å²) in [5.41, 5.74) is 5.00. The number of anilines is 1. The van der Waals surface area contributed by atoms with E-state index in [9.17, 15) is 0 Å². The third kappa shape index (κ3) is 4.92. The Bertz CT molecular complexity index is 1080. The van der Waals surface area contributed by atoms with Crippen LogP contribution < -0.4 is 4.90 Å². The van der Waals surface area contributed by atoms with Gasteiger partial charge in [-0.1, -0.05) is 41.4 Å². The Morgan fingerprint density at radius 2 is 1.71 bits per heavy atom. The summed E-state index contributed by atoms with van der Waals surface area (Å²) in [7, 11) is 0. The zero-order valence-electron chi connectivity index (χ0n) is 18.0. The maximum Gasteiger partial charge on any atom is 0.251 e. The highest BCUT2D eigenvalue weighted by Crippen LogP contribution is 2.32. The molecule has 0 bridgehead atoms. The van der Waals surface area contributed by atoms with Gasteiger partial charge in [0.1, 0.15) is 0 Å². The third-order valence-electron chi connectivity index (χ3n) is 5.51. The topological polar surface area (TPSA) is 50.1 Å². The van der Waals surface area contributed by atoms with Crippen LogP contribution in [-0.2, 0) is 0 Å². The molecule has 0 atom stereocenters. The average Bonchev–Trinajstić information content (AvgIpc) is 3.10. The molecule has 1 aromatic carbocycles. The van der Waals surface area contributed by atoms with E-state index in [2.05, 4.69) is 37.0 Å². The van der Waals surface area contributed by atoms with Crippen LogP contribution in [0, 0.1) is 20.8 Å². The van der Waals surface area contributed by atoms with Gasteiger partial charge in [0.05, 0.1) is 27.6 Å². The maximum atomic E-state index is 6.38. The van der Waals surface area contributed by atoms with Crippen LogP contribution in [0.2, 0.25) is 10.0 Å². The van der Waals surface area contributed by atoms with E-state index in [0.29, 0.717) is 16.0 Å². The molecule has 1 fully saturated rings. The fraction of sp³-hybridized carbons (Fsp3) is 0.348. The van der Waals surface area contributed by atoms with Crippen molar-refractivity contribution in [1.82, 2.24) is 24.6 Å². The minimum atomic E-state index is 0.603. The molecule has 0 N–H and O–H groups in total. The Hall–Kier alpha value is -2.41. The number of nitrogens with zero attached hydrogens (tertiary/aromatic N) is 6. The second kappa shape index (κ2) is 9.39. The normalized spacial score (nSPS) is 15.2. The number of halogens is 2. The first kappa shape index (κ1) is 21.8. The molecule has 3 heterocycles. The van der Waals surface area contributed by atoms with Crippen LogP contribution in [0.1, 0.15) is 22.6 Å². The van der Waals surface area contributed by atoms with Crippen molar-refractivity contribution in [3.05, 3.63) is 69.2 Å². The molecule has 0 saturated carbocycles. The lowest BCUT2D eigenvalue weighted by Gasteiger charge is -2.36. The van der Waals surface area contributed by atoms with Crippen LogP contribution in [0.5, 0.6) is 0 Å². The van der Waals surface area contributed by atoms with E-state index in [1.54, 1.807) is 4.68 Å². The van der Waals surface area contributed by atoms with Crippen LogP contribution in [0.4, 0.5) is 5.69 Å². The minimum Gasteiger partial charge on any atom is -0.368 e. The van der Waals surface area contributed by atoms with Gasteiger partial charge in [0, 0.05) is 49.7 Å². The fourth-order valence-electron chi connectivity index (χ4n) is 3.83. The highest BCUT2D eigenvalue weighted by molar-refractivity contribution is 6.43. The van der Waals surface area contributed by atoms with E-state index >= 15 is 0 Å². The maximum absolute atomic E-state index is 6.38. The smallest absolute Gasteiger partial charge is 0.251 e. The molecule has 0 aliphatic carbocycles. The van der Waals surface area contributed by atoms with Gasteiger partial charge in [0.25, 0.3) is 5.95 Å². The molecular weight excluding hydrogens is 431 g/mol. The third-order valence-corrected chi connectivity index (χ3v) is 6.32. The zero-order valence-corrected chi connectivity index (χ0v) is 19.5. The van der Waals surface area contributed by atoms with Gasteiger partial charge in [-0.2, -0.15) is 5.10 Å². The highest BCUT2D eigenvalue weighted by atomic mass is 35.5. The Morgan fingerprint density at radius 3 is 2.42 bits per heavy atom. The Balaban J connectivity index is 1.36. The predicted octanol–water partition coefficient (Wildman–Crippen LogP) is 4.73. The molecule has 0 amide bonds. The molecular formula is C23H26Cl2N6. The molecule has 162 valence electrons. The largest absolute Gasteiger partial charge is 0.368 e. The second-order valence-corrected chi connectivity index (χ2v) is 8.60. The first-order chi connectivity index (χ1) is 14.9. The van der Waals surface area contributed by atoms with Crippen LogP contribution in [0.25, 0.3) is 12.0 Å². The lowest BCUT2D eigenvalue weighted by atomic mass is 10.2. The van der Waals surface area contributed by atoms with Crippen molar-refractivity contribution in [3.63, 3.8) is 0 Å². The molecule has 31 heavy (non-hydrogen) atoms. The lowest BCUT2D eigenvalue weighted by Crippen LogP contribution is -2.46. The molecule has 6 nitrogen and oxygen atoms in total. The molecule has 1 aliphatic rings. The van der Waals surface area contributed by atoms with Crippen molar-refractivity contribution >= 4 is 35.0 Å². The van der Waals surface area contributed by atoms with Crippen molar-refractivity contribution in [1.29, 1.82) is 0 Å². The molecule has 4 rings (SSSR count). The summed E-state index contributed by atoms with van der Waals surface area (Å²) in [6, 6.07) is 7.77. The van der Waals surface area contributed by atoms with E-state index in [-0.39, 0.29) is 0 Å². The summed E-state index contributed by atoms with van der Waals surface area (Å²) in [6.45, 7) is 10.7. The molecule has 0 spiro atoms. The van der Waals surface area contributed by atoms with Crippen LogP contribution in [0.15, 0.2) is 36.5 Å². The van der Waals surface area contributed by atoms with Crippen LogP contribution in [-0.4, -0.2) is 57.4 Å². The summed E-state index contributed by atoms with van der Waals surface area (Å²) in [5, 5.41) is 5.73. The van der Waals surface area contributed by atoms with Gasteiger partial charge in [-0.15, -0.1) is 0 Å². The van der Waals surface area contributed by atoms with Crippen molar-refractivity contribution in [2.75, 3.05) is 37.6 Å². The standard InChI is InChI=1S/C23H26Cl2N6/c1-16-14-17(2)28-23(27-16)31-18(3)19(15-26-31)6-5-9-29-10-12-30(13-11-29)21-8-4-7-20(24)22(21)25/h4-8,14-15H,9-13H2,1-3H3/b6-5+. The highest BCUT2D eigenvalue weighted by Gasteiger charge is 2.19. The average molecular weight is 457 g/mol. The Kier molecular flexibility index (Phi) is 6.60. The molecule has 1 saturated heterocycles. The zero-order chi connectivity index (χ0) is 22.0. The van der Waals surface area contributed by atoms with Crippen molar-refractivity contribution in [2.24, 2.45) is 0 Å². The monoisotopic (exact) mass is 456 g/mol. The van der Waals surface area contributed by atoms with Gasteiger partial charge >= 0.3 is 0 Å². The van der Waals surface area contributed by atoms with E-state index < -0.39 is 0 Å². The first-order valence-corrected chi connectivity index (χ1v) is 11.1. The quantitative estimate of drug-likeness (QED) is 0.555. The second-order valence-electron chi connectivity index (χ2n) is 7.81. The van der Waals surface area contributed by atoms with E-state index in [1.165, 1.54) is 0 Å². The molecule has 0 radical (unpaired) electrons. The fourth-order valence-corrected chi connectivity index (χ4v) is 4.24. The van der Waals surface area contributed by atoms with Gasteiger partial charge in [-0.3, -0.25) is 4.90 Å².